The molecule has 29 heavy (non-hydrogen) atoms. The Labute approximate surface area is 172 Å². The van der Waals surface area contributed by atoms with E-state index in [2.05, 4.69) is 16.8 Å². The van der Waals surface area contributed by atoms with E-state index in [4.69, 9.17) is 4.74 Å². The van der Waals surface area contributed by atoms with Crippen LogP contribution in [0.2, 0.25) is 0 Å². The standard InChI is InChI=1S/C24H29N3O2/c1-18-7-5-14-26(18)15-6-16-29-21-12-10-20(11-13-21)24(28)17-27-19(2)25-22-8-3-4-9-23(22)27/h3-4,8-13,18H,5-7,14-17H2,1-2H3. The summed E-state index contributed by atoms with van der Waals surface area (Å²) in [5, 5.41) is 0. The molecule has 1 unspecified atom stereocenters. The maximum atomic E-state index is 12.8. The van der Waals surface area contributed by atoms with Gasteiger partial charge in [0.15, 0.2) is 5.78 Å². The highest BCUT2D eigenvalue weighted by atomic mass is 16.5. The van der Waals surface area contributed by atoms with Crippen LogP contribution in [0.25, 0.3) is 11.0 Å². The molecule has 4 rings (SSSR count). The van der Waals surface area contributed by atoms with Crippen molar-refractivity contribution < 1.29 is 9.53 Å². The van der Waals surface area contributed by atoms with Crippen LogP contribution in [-0.2, 0) is 6.54 Å². The molecule has 3 aromatic rings. The number of para-hydroxylation sites is 2. The minimum atomic E-state index is 0.0748. The van der Waals surface area contributed by atoms with E-state index < -0.39 is 0 Å². The Balaban J connectivity index is 1.31. The fraction of sp³-hybridized carbons (Fsp3) is 0.417. The molecular formula is C24H29N3O2. The highest BCUT2D eigenvalue weighted by Crippen LogP contribution is 2.19. The predicted octanol–water partition coefficient (Wildman–Crippen LogP) is 4.48. The maximum absolute atomic E-state index is 12.8. The summed E-state index contributed by atoms with van der Waals surface area (Å²) in [6.45, 7) is 7.54. The first-order valence-corrected chi connectivity index (χ1v) is 10.5. The maximum Gasteiger partial charge on any atom is 0.182 e. The molecule has 1 saturated heterocycles. The molecule has 0 spiro atoms. The van der Waals surface area contributed by atoms with E-state index in [1.165, 1.54) is 19.4 Å². The van der Waals surface area contributed by atoms with Crippen LogP contribution >= 0.6 is 0 Å². The third-order valence-corrected chi connectivity index (χ3v) is 5.87. The van der Waals surface area contributed by atoms with E-state index in [0.717, 1.165) is 35.6 Å². The lowest BCUT2D eigenvalue weighted by Crippen LogP contribution is -2.28. The second kappa shape index (κ2) is 8.78. The van der Waals surface area contributed by atoms with E-state index in [-0.39, 0.29) is 5.78 Å². The van der Waals surface area contributed by atoms with Gasteiger partial charge < -0.3 is 14.2 Å². The quantitative estimate of drug-likeness (QED) is 0.420. The van der Waals surface area contributed by atoms with Gasteiger partial charge in [-0.05, 0) is 76.1 Å². The van der Waals surface area contributed by atoms with Crippen LogP contribution in [0.1, 0.15) is 42.4 Å². The topological polar surface area (TPSA) is 47.4 Å². The van der Waals surface area contributed by atoms with E-state index in [1.807, 2.05) is 60.0 Å². The number of hydrogen-bond acceptors (Lipinski definition) is 4. The Morgan fingerprint density at radius 2 is 1.97 bits per heavy atom. The summed E-state index contributed by atoms with van der Waals surface area (Å²) in [6.07, 6.45) is 3.65. The summed E-state index contributed by atoms with van der Waals surface area (Å²) in [5.41, 5.74) is 2.61. The van der Waals surface area contributed by atoms with Crippen molar-refractivity contribution in [3.63, 3.8) is 0 Å². The zero-order valence-corrected chi connectivity index (χ0v) is 17.3. The predicted molar refractivity (Wildman–Crippen MR) is 116 cm³/mol. The van der Waals surface area contributed by atoms with Crippen molar-refractivity contribution in [3.8, 4) is 5.75 Å². The molecule has 1 aliphatic heterocycles. The first kappa shape index (κ1) is 19.6. The molecule has 0 bridgehead atoms. The molecule has 2 heterocycles. The zero-order chi connectivity index (χ0) is 20.2. The first-order valence-electron chi connectivity index (χ1n) is 10.5. The number of benzene rings is 2. The van der Waals surface area contributed by atoms with Gasteiger partial charge in [0.1, 0.15) is 11.6 Å². The van der Waals surface area contributed by atoms with Crippen molar-refractivity contribution in [2.24, 2.45) is 0 Å². The smallest absolute Gasteiger partial charge is 0.182 e. The Kier molecular flexibility index (Phi) is 5.95. The normalized spacial score (nSPS) is 17.1. The van der Waals surface area contributed by atoms with E-state index in [0.29, 0.717) is 24.8 Å². The molecule has 2 aromatic carbocycles. The van der Waals surface area contributed by atoms with Crippen LogP contribution < -0.4 is 4.74 Å². The van der Waals surface area contributed by atoms with Crippen molar-refractivity contribution in [2.45, 2.75) is 45.7 Å². The number of aromatic nitrogens is 2. The van der Waals surface area contributed by atoms with E-state index in [9.17, 15) is 4.79 Å². The van der Waals surface area contributed by atoms with Crippen molar-refractivity contribution in [1.29, 1.82) is 0 Å². The lowest BCUT2D eigenvalue weighted by atomic mass is 10.1. The molecule has 5 nitrogen and oxygen atoms in total. The van der Waals surface area contributed by atoms with Gasteiger partial charge in [-0.15, -0.1) is 0 Å². The van der Waals surface area contributed by atoms with Crippen LogP contribution in [-0.4, -0.2) is 46.0 Å². The number of ether oxygens (including phenoxy) is 1. The van der Waals surface area contributed by atoms with Crippen molar-refractivity contribution in [3.05, 3.63) is 59.9 Å². The van der Waals surface area contributed by atoms with Gasteiger partial charge >= 0.3 is 0 Å². The number of fused-ring (bicyclic) bond motifs is 1. The fourth-order valence-corrected chi connectivity index (χ4v) is 4.15. The third-order valence-electron chi connectivity index (χ3n) is 5.87. The van der Waals surface area contributed by atoms with E-state index in [1.54, 1.807) is 0 Å². The van der Waals surface area contributed by atoms with Crippen LogP contribution in [0, 0.1) is 6.92 Å². The number of likely N-dealkylation sites (tertiary alicyclic amines) is 1. The molecule has 1 aromatic heterocycles. The summed E-state index contributed by atoms with van der Waals surface area (Å²) in [5.74, 6) is 1.75. The Bertz CT molecular complexity index is 977. The van der Waals surface area contributed by atoms with Crippen LogP contribution in [0.15, 0.2) is 48.5 Å². The monoisotopic (exact) mass is 391 g/mol. The number of carbonyl (C=O) groups excluding carboxylic acids is 1. The number of ketones is 1. The van der Waals surface area contributed by atoms with Crippen LogP contribution in [0.4, 0.5) is 0 Å². The Morgan fingerprint density at radius 3 is 2.72 bits per heavy atom. The number of carbonyl (C=O) groups is 1. The van der Waals surface area contributed by atoms with Gasteiger partial charge in [0, 0.05) is 18.2 Å². The summed E-state index contributed by atoms with van der Waals surface area (Å²) >= 11 is 0. The molecule has 1 atom stereocenters. The molecule has 0 saturated carbocycles. The Hall–Kier alpha value is -2.66. The first-order chi connectivity index (χ1) is 14.1. The second-order valence-electron chi connectivity index (χ2n) is 7.91. The fourth-order valence-electron chi connectivity index (χ4n) is 4.15. The van der Waals surface area contributed by atoms with Gasteiger partial charge in [-0.1, -0.05) is 12.1 Å². The third kappa shape index (κ3) is 4.51. The van der Waals surface area contributed by atoms with Gasteiger partial charge in [0.05, 0.1) is 24.2 Å². The van der Waals surface area contributed by atoms with Crippen molar-refractivity contribution in [2.75, 3.05) is 19.7 Å². The number of Topliss-reactive ketones (excluding diaryl/α,β-unsaturated/α-hetero) is 1. The Morgan fingerprint density at radius 1 is 1.17 bits per heavy atom. The SMILES string of the molecule is Cc1nc2ccccc2n1CC(=O)c1ccc(OCCCN2CCCC2C)cc1. The largest absolute Gasteiger partial charge is 0.494 e. The minimum absolute atomic E-state index is 0.0748. The van der Waals surface area contributed by atoms with Gasteiger partial charge in [-0.3, -0.25) is 4.79 Å². The molecule has 0 amide bonds. The molecule has 1 aliphatic rings. The van der Waals surface area contributed by atoms with Crippen molar-refractivity contribution in [1.82, 2.24) is 14.5 Å². The molecule has 0 N–H and O–H groups in total. The summed E-state index contributed by atoms with van der Waals surface area (Å²) in [7, 11) is 0. The number of imidazole rings is 1. The van der Waals surface area contributed by atoms with Crippen LogP contribution in [0.3, 0.4) is 0 Å². The average molecular weight is 392 g/mol. The van der Waals surface area contributed by atoms with Crippen molar-refractivity contribution >= 4 is 16.8 Å². The molecule has 0 radical (unpaired) electrons. The molecular weight excluding hydrogens is 362 g/mol. The van der Waals surface area contributed by atoms with Gasteiger partial charge in [-0.25, -0.2) is 4.98 Å². The lowest BCUT2D eigenvalue weighted by molar-refractivity contribution is 0.0972. The molecule has 1 fully saturated rings. The highest BCUT2D eigenvalue weighted by Gasteiger charge is 2.19. The zero-order valence-electron chi connectivity index (χ0n) is 17.3. The molecule has 5 heteroatoms. The number of rotatable bonds is 8. The average Bonchev–Trinajstić information content (AvgIpc) is 3.28. The summed E-state index contributed by atoms with van der Waals surface area (Å²) in [4.78, 5) is 19.8. The summed E-state index contributed by atoms with van der Waals surface area (Å²) in [6, 6.07) is 16.1. The van der Waals surface area contributed by atoms with Crippen LogP contribution in [0.5, 0.6) is 5.75 Å². The highest BCUT2D eigenvalue weighted by molar-refractivity contribution is 5.96. The van der Waals surface area contributed by atoms with Gasteiger partial charge in [0.25, 0.3) is 0 Å². The number of nitrogens with zero attached hydrogens (tertiary/aromatic N) is 3. The molecule has 152 valence electrons. The minimum Gasteiger partial charge on any atom is -0.494 e. The number of aryl methyl sites for hydroxylation is 1. The second-order valence-corrected chi connectivity index (χ2v) is 7.91. The number of hydrogen-bond donors (Lipinski definition) is 0. The summed E-state index contributed by atoms with van der Waals surface area (Å²) < 4.78 is 7.84. The van der Waals surface area contributed by atoms with E-state index >= 15 is 0 Å². The lowest BCUT2D eigenvalue weighted by Gasteiger charge is -2.20. The van der Waals surface area contributed by atoms with Gasteiger partial charge in [-0.2, -0.15) is 0 Å². The molecule has 0 aliphatic carbocycles. The van der Waals surface area contributed by atoms with Gasteiger partial charge in [0.2, 0.25) is 0 Å².